The Morgan fingerprint density at radius 1 is 1.25 bits per heavy atom. The van der Waals surface area contributed by atoms with E-state index in [-0.39, 0.29) is 0 Å². The predicted octanol–water partition coefficient (Wildman–Crippen LogP) is 2.32. The number of rotatable bonds is 6. The summed E-state index contributed by atoms with van der Waals surface area (Å²) in [5.74, 6) is 3.32. The Morgan fingerprint density at radius 2 is 2.25 bits per heavy atom. The lowest BCUT2D eigenvalue weighted by atomic mass is 10.2. The number of hydrogen-bond acceptors (Lipinski definition) is 4. The second kappa shape index (κ2) is 6.70. The van der Waals surface area contributed by atoms with Gasteiger partial charge in [-0.1, -0.05) is 6.42 Å². The van der Waals surface area contributed by atoms with E-state index in [0.717, 1.165) is 50.5 Å². The molecule has 0 spiro atoms. The fourth-order valence-corrected chi connectivity index (χ4v) is 2.73. The molecule has 0 fully saturated rings. The van der Waals surface area contributed by atoms with Gasteiger partial charge in [-0.2, -0.15) is 0 Å². The lowest BCUT2D eigenvalue weighted by Crippen LogP contribution is -2.16. The lowest BCUT2D eigenvalue weighted by molar-refractivity contribution is 0.479. The second-order valence-electron chi connectivity index (χ2n) is 5.35. The Balaban J connectivity index is 1.43. The summed E-state index contributed by atoms with van der Waals surface area (Å²) < 4.78 is 7.62. The van der Waals surface area contributed by atoms with Gasteiger partial charge in [0.05, 0.1) is 12.8 Å². The lowest BCUT2D eigenvalue weighted by Gasteiger charge is -2.07. The number of aryl methyl sites for hydroxylation is 2. The first-order valence-electron chi connectivity index (χ1n) is 7.57. The largest absolute Gasteiger partial charge is 0.468 e. The van der Waals surface area contributed by atoms with Crippen molar-refractivity contribution in [3.8, 4) is 0 Å². The summed E-state index contributed by atoms with van der Waals surface area (Å²) in [6, 6.07) is 3.91. The van der Waals surface area contributed by atoms with Crippen molar-refractivity contribution in [2.24, 2.45) is 0 Å². The fraction of sp³-hybridized carbons (Fsp3) is 0.600. The van der Waals surface area contributed by atoms with Crippen LogP contribution in [0.4, 0.5) is 0 Å². The average molecular weight is 274 g/mol. The molecular weight excluding hydrogens is 252 g/mol. The maximum Gasteiger partial charge on any atom is 0.133 e. The molecule has 0 radical (unpaired) electrons. The van der Waals surface area contributed by atoms with Crippen LogP contribution in [0, 0.1) is 0 Å². The quantitative estimate of drug-likeness (QED) is 0.821. The predicted molar refractivity (Wildman–Crippen MR) is 76.3 cm³/mol. The van der Waals surface area contributed by atoms with Gasteiger partial charge in [-0.15, -0.1) is 10.2 Å². The van der Waals surface area contributed by atoms with Crippen molar-refractivity contribution in [1.29, 1.82) is 0 Å². The van der Waals surface area contributed by atoms with Crippen molar-refractivity contribution in [3.63, 3.8) is 0 Å². The Kier molecular flexibility index (Phi) is 4.48. The number of nitrogens with one attached hydrogen (secondary N) is 1. The highest BCUT2D eigenvalue weighted by Crippen LogP contribution is 2.15. The van der Waals surface area contributed by atoms with Crippen LogP contribution in [0.2, 0.25) is 0 Å². The van der Waals surface area contributed by atoms with Crippen LogP contribution in [0.15, 0.2) is 22.8 Å². The van der Waals surface area contributed by atoms with Gasteiger partial charge in [-0.25, -0.2) is 0 Å². The number of aromatic nitrogens is 3. The zero-order chi connectivity index (χ0) is 13.6. The van der Waals surface area contributed by atoms with Gasteiger partial charge in [0.15, 0.2) is 0 Å². The zero-order valence-electron chi connectivity index (χ0n) is 11.8. The van der Waals surface area contributed by atoms with E-state index in [2.05, 4.69) is 20.1 Å². The molecule has 108 valence electrons. The summed E-state index contributed by atoms with van der Waals surface area (Å²) >= 11 is 0. The summed E-state index contributed by atoms with van der Waals surface area (Å²) in [7, 11) is 0. The van der Waals surface area contributed by atoms with Crippen LogP contribution in [0.5, 0.6) is 0 Å². The van der Waals surface area contributed by atoms with Gasteiger partial charge in [-0.05, 0) is 37.9 Å². The minimum absolute atomic E-state index is 0.797. The summed E-state index contributed by atoms with van der Waals surface area (Å²) in [5, 5.41) is 12.1. The van der Waals surface area contributed by atoms with E-state index in [1.54, 1.807) is 6.26 Å². The third kappa shape index (κ3) is 3.28. The molecule has 20 heavy (non-hydrogen) atoms. The van der Waals surface area contributed by atoms with Gasteiger partial charge in [0.25, 0.3) is 0 Å². The topological polar surface area (TPSA) is 55.9 Å². The van der Waals surface area contributed by atoms with Gasteiger partial charge in [-0.3, -0.25) is 0 Å². The van der Waals surface area contributed by atoms with Crippen LogP contribution < -0.4 is 5.32 Å². The van der Waals surface area contributed by atoms with Crippen molar-refractivity contribution in [3.05, 3.63) is 35.8 Å². The fourth-order valence-electron chi connectivity index (χ4n) is 2.73. The van der Waals surface area contributed by atoms with Crippen LogP contribution >= 0.6 is 0 Å². The summed E-state index contributed by atoms with van der Waals surface area (Å²) in [4.78, 5) is 0. The average Bonchev–Trinajstić information content (AvgIpc) is 3.04. The van der Waals surface area contributed by atoms with Crippen LogP contribution in [-0.2, 0) is 25.9 Å². The first-order valence-corrected chi connectivity index (χ1v) is 7.57. The first-order chi connectivity index (χ1) is 9.93. The molecule has 0 aliphatic carbocycles. The van der Waals surface area contributed by atoms with E-state index in [1.165, 1.54) is 25.1 Å². The normalized spacial score (nSPS) is 15.0. The maximum absolute atomic E-state index is 5.29. The summed E-state index contributed by atoms with van der Waals surface area (Å²) in [6.07, 6.45) is 8.70. The van der Waals surface area contributed by atoms with Gasteiger partial charge in [0.1, 0.15) is 17.4 Å². The summed E-state index contributed by atoms with van der Waals surface area (Å²) in [5.41, 5.74) is 0. The standard InChI is InChI=1S/C15H22N4O/c1-2-7-14-17-18-15(19(14)10-3-1)8-4-9-16-12-13-6-5-11-20-13/h5-6,11,16H,1-4,7-10,12H2. The van der Waals surface area contributed by atoms with Crippen LogP contribution in [0.25, 0.3) is 0 Å². The zero-order valence-corrected chi connectivity index (χ0v) is 11.8. The highest BCUT2D eigenvalue weighted by Gasteiger charge is 2.13. The monoisotopic (exact) mass is 274 g/mol. The Labute approximate surface area is 119 Å². The number of nitrogens with zero attached hydrogens (tertiary/aromatic N) is 3. The number of furan rings is 1. The van der Waals surface area contributed by atoms with Gasteiger partial charge in [0, 0.05) is 19.4 Å². The number of fused-ring (bicyclic) bond motifs is 1. The van der Waals surface area contributed by atoms with E-state index in [9.17, 15) is 0 Å². The molecule has 0 unspecified atom stereocenters. The number of hydrogen-bond donors (Lipinski definition) is 1. The molecule has 0 amide bonds. The van der Waals surface area contributed by atoms with Gasteiger partial charge < -0.3 is 14.3 Å². The summed E-state index contributed by atoms with van der Waals surface area (Å²) in [6.45, 7) is 2.87. The van der Waals surface area contributed by atoms with Crippen LogP contribution in [-0.4, -0.2) is 21.3 Å². The van der Waals surface area contributed by atoms with E-state index in [4.69, 9.17) is 4.42 Å². The molecule has 1 aliphatic rings. The van der Waals surface area contributed by atoms with Crippen LogP contribution in [0.3, 0.4) is 0 Å². The minimum Gasteiger partial charge on any atom is -0.468 e. The molecule has 3 heterocycles. The molecule has 0 saturated heterocycles. The first kappa shape index (κ1) is 13.4. The van der Waals surface area contributed by atoms with Gasteiger partial charge in [0.2, 0.25) is 0 Å². The molecule has 1 N–H and O–H groups in total. The van der Waals surface area contributed by atoms with Crippen molar-refractivity contribution in [2.75, 3.05) is 6.54 Å². The molecule has 2 aromatic heterocycles. The molecule has 5 heteroatoms. The second-order valence-corrected chi connectivity index (χ2v) is 5.35. The van der Waals surface area contributed by atoms with E-state index in [1.807, 2.05) is 12.1 Å². The molecule has 3 rings (SSSR count). The third-order valence-corrected chi connectivity index (χ3v) is 3.82. The molecule has 2 aromatic rings. The minimum atomic E-state index is 0.797. The molecule has 0 bridgehead atoms. The van der Waals surface area contributed by atoms with Gasteiger partial charge >= 0.3 is 0 Å². The molecule has 0 saturated carbocycles. The Morgan fingerprint density at radius 3 is 3.15 bits per heavy atom. The molecule has 0 atom stereocenters. The molecule has 5 nitrogen and oxygen atoms in total. The van der Waals surface area contributed by atoms with Crippen LogP contribution in [0.1, 0.15) is 43.1 Å². The van der Waals surface area contributed by atoms with Crippen molar-refractivity contribution in [1.82, 2.24) is 20.1 Å². The molecule has 0 aromatic carbocycles. The third-order valence-electron chi connectivity index (χ3n) is 3.82. The SMILES string of the molecule is c1coc(CNCCCc2nnc3n2CCCCC3)c1. The highest BCUT2D eigenvalue weighted by atomic mass is 16.3. The van der Waals surface area contributed by atoms with Crippen molar-refractivity contribution in [2.45, 2.75) is 51.6 Å². The van der Waals surface area contributed by atoms with Crippen molar-refractivity contribution >= 4 is 0 Å². The Hall–Kier alpha value is -1.62. The Bertz CT molecular complexity index is 518. The van der Waals surface area contributed by atoms with E-state index >= 15 is 0 Å². The smallest absolute Gasteiger partial charge is 0.133 e. The van der Waals surface area contributed by atoms with Crippen molar-refractivity contribution < 1.29 is 4.42 Å². The molecular formula is C15H22N4O. The highest BCUT2D eigenvalue weighted by molar-refractivity contribution is 4.99. The maximum atomic E-state index is 5.29. The van der Waals surface area contributed by atoms with E-state index < -0.39 is 0 Å². The molecule has 1 aliphatic heterocycles. The van der Waals surface area contributed by atoms with E-state index in [0.29, 0.717) is 0 Å².